The van der Waals surface area contributed by atoms with E-state index in [4.69, 9.17) is 0 Å². The minimum absolute atomic E-state index is 0.151. The third-order valence-electron chi connectivity index (χ3n) is 6.97. The number of nitrogens with one attached hydrogen (secondary N) is 1. The van der Waals surface area contributed by atoms with Gasteiger partial charge in [0.05, 0.1) is 5.56 Å². The molecule has 0 saturated heterocycles. The summed E-state index contributed by atoms with van der Waals surface area (Å²) in [5.74, 6) is 0.558. The van der Waals surface area contributed by atoms with E-state index >= 15 is 0 Å². The normalized spacial score (nSPS) is 31.1. The quantitative estimate of drug-likeness (QED) is 0.742. The van der Waals surface area contributed by atoms with Crippen LogP contribution in [0.25, 0.3) is 0 Å². The predicted octanol–water partition coefficient (Wildman–Crippen LogP) is 5.68. The van der Waals surface area contributed by atoms with E-state index in [-0.39, 0.29) is 5.56 Å². The molecule has 1 amide bonds. The summed E-state index contributed by atoms with van der Waals surface area (Å²) in [7, 11) is 0. The van der Waals surface area contributed by atoms with E-state index in [0.29, 0.717) is 11.1 Å². The van der Waals surface area contributed by atoms with Crippen LogP contribution < -0.4 is 5.32 Å². The van der Waals surface area contributed by atoms with Crippen molar-refractivity contribution < 1.29 is 13.6 Å². The molecule has 140 valence electrons. The lowest BCUT2D eigenvalue weighted by molar-refractivity contribution is -0.00518. The van der Waals surface area contributed by atoms with Crippen molar-refractivity contribution in [1.29, 1.82) is 0 Å². The van der Waals surface area contributed by atoms with Crippen molar-refractivity contribution in [3.63, 3.8) is 0 Å². The Labute approximate surface area is 158 Å². The number of hydrogen-bond donors (Lipinski definition) is 1. The van der Waals surface area contributed by atoms with Gasteiger partial charge in [0.2, 0.25) is 0 Å². The minimum atomic E-state index is -0.849. The molecule has 4 fully saturated rings. The summed E-state index contributed by atoms with van der Waals surface area (Å²) in [6.45, 7) is 0. The van der Waals surface area contributed by atoms with Crippen molar-refractivity contribution in [2.24, 2.45) is 17.8 Å². The van der Waals surface area contributed by atoms with E-state index in [2.05, 4.69) is 17.4 Å². The van der Waals surface area contributed by atoms with Crippen LogP contribution in [-0.2, 0) is 5.41 Å². The van der Waals surface area contributed by atoms with Gasteiger partial charge in [-0.3, -0.25) is 4.79 Å². The lowest BCUT2D eigenvalue weighted by atomic mass is 9.48. The molecule has 0 unspecified atom stereocenters. The number of carbonyl (C=O) groups excluding carboxylic acids is 1. The van der Waals surface area contributed by atoms with Crippen LogP contribution in [0.1, 0.15) is 54.4 Å². The molecule has 4 heteroatoms. The Morgan fingerprint density at radius 1 is 0.889 bits per heavy atom. The minimum Gasteiger partial charge on any atom is -0.322 e. The highest BCUT2D eigenvalue weighted by molar-refractivity contribution is 6.04. The first-order chi connectivity index (χ1) is 13.0. The Hall–Kier alpha value is -2.23. The summed E-state index contributed by atoms with van der Waals surface area (Å²) >= 11 is 0. The molecule has 0 atom stereocenters. The SMILES string of the molecule is O=C(Nc1ccc(C23CC4CC(CC(C4)C2)C3)cc1)c1ccc(F)cc1F. The Morgan fingerprint density at radius 2 is 1.48 bits per heavy atom. The van der Waals surface area contributed by atoms with Gasteiger partial charge in [-0.05, 0) is 91.5 Å². The van der Waals surface area contributed by atoms with Crippen LogP contribution in [0.4, 0.5) is 14.5 Å². The first-order valence-electron chi connectivity index (χ1n) is 9.88. The highest BCUT2D eigenvalue weighted by atomic mass is 19.1. The zero-order valence-corrected chi connectivity index (χ0v) is 15.2. The molecule has 2 aromatic rings. The van der Waals surface area contributed by atoms with Gasteiger partial charge in [0.15, 0.2) is 0 Å². The molecule has 4 saturated carbocycles. The molecule has 4 bridgehead atoms. The number of carbonyl (C=O) groups is 1. The summed E-state index contributed by atoms with van der Waals surface area (Å²) in [4.78, 5) is 12.3. The average molecular weight is 367 g/mol. The molecule has 1 N–H and O–H groups in total. The molecular weight excluding hydrogens is 344 g/mol. The molecule has 0 heterocycles. The number of anilines is 1. The molecule has 4 aliphatic rings. The van der Waals surface area contributed by atoms with Crippen LogP contribution in [0, 0.1) is 29.4 Å². The van der Waals surface area contributed by atoms with Crippen molar-refractivity contribution in [2.45, 2.75) is 43.9 Å². The fourth-order valence-electron chi connectivity index (χ4n) is 6.24. The maximum absolute atomic E-state index is 13.8. The smallest absolute Gasteiger partial charge is 0.258 e. The van der Waals surface area contributed by atoms with Crippen LogP contribution in [0.3, 0.4) is 0 Å². The molecule has 4 aliphatic carbocycles. The molecule has 27 heavy (non-hydrogen) atoms. The van der Waals surface area contributed by atoms with Gasteiger partial charge in [-0.2, -0.15) is 0 Å². The second kappa shape index (κ2) is 6.15. The van der Waals surface area contributed by atoms with Gasteiger partial charge in [0, 0.05) is 11.8 Å². The molecule has 0 spiro atoms. The number of rotatable bonds is 3. The fourth-order valence-corrected chi connectivity index (χ4v) is 6.24. The largest absolute Gasteiger partial charge is 0.322 e. The second-order valence-electron chi connectivity index (χ2n) is 8.85. The molecule has 0 aliphatic heterocycles. The molecule has 2 nitrogen and oxygen atoms in total. The third kappa shape index (κ3) is 2.95. The van der Waals surface area contributed by atoms with Crippen molar-refractivity contribution in [1.82, 2.24) is 0 Å². The van der Waals surface area contributed by atoms with Gasteiger partial charge in [0.25, 0.3) is 5.91 Å². The first-order valence-corrected chi connectivity index (χ1v) is 9.88. The zero-order chi connectivity index (χ0) is 18.6. The second-order valence-corrected chi connectivity index (χ2v) is 8.85. The van der Waals surface area contributed by atoms with Gasteiger partial charge in [-0.25, -0.2) is 8.78 Å². The lowest BCUT2D eigenvalue weighted by Crippen LogP contribution is -2.48. The van der Waals surface area contributed by atoms with Gasteiger partial charge in [0.1, 0.15) is 11.6 Å². The zero-order valence-electron chi connectivity index (χ0n) is 15.2. The molecule has 6 rings (SSSR count). The van der Waals surface area contributed by atoms with Crippen molar-refractivity contribution in [2.75, 3.05) is 5.32 Å². The van der Waals surface area contributed by atoms with E-state index in [1.165, 1.54) is 50.2 Å². The molecular formula is C23H23F2NO. The lowest BCUT2D eigenvalue weighted by Gasteiger charge is -2.57. The van der Waals surface area contributed by atoms with Crippen molar-refractivity contribution >= 4 is 11.6 Å². The molecule has 0 aromatic heterocycles. The predicted molar refractivity (Wildman–Crippen MR) is 101 cm³/mol. The summed E-state index contributed by atoms with van der Waals surface area (Å²) in [5.41, 5.74) is 2.19. The van der Waals surface area contributed by atoms with Crippen molar-refractivity contribution in [3.05, 3.63) is 65.2 Å². The Morgan fingerprint density at radius 3 is 2.04 bits per heavy atom. The Balaban J connectivity index is 1.34. The van der Waals surface area contributed by atoms with Gasteiger partial charge in [-0.15, -0.1) is 0 Å². The van der Waals surface area contributed by atoms with E-state index in [0.717, 1.165) is 29.9 Å². The highest BCUT2D eigenvalue weighted by Gasteiger charge is 2.51. The fraction of sp³-hybridized carbons (Fsp3) is 0.435. The van der Waals surface area contributed by atoms with Gasteiger partial charge < -0.3 is 5.32 Å². The number of amides is 1. The van der Waals surface area contributed by atoms with Crippen LogP contribution in [0.2, 0.25) is 0 Å². The van der Waals surface area contributed by atoms with Gasteiger partial charge in [-0.1, -0.05) is 12.1 Å². The van der Waals surface area contributed by atoms with Gasteiger partial charge >= 0.3 is 0 Å². The highest BCUT2D eigenvalue weighted by Crippen LogP contribution is 2.60. The molecule has 2 aromatic carbocycles. The Kier molecular flexibility index (Phi) is 3.85. The summed E-state index contributed by atoms with van der Waals surface area (Å²) < 4.78 is 26.8. The standard InChI is InChI=1S/C23H23F2NO/c24-18-3-6-20(21(25)10-18)22(27)26-19-4-1-17(2-5-19)23-11-14-7-15(12-23)9-16(8-14)13-23/h1-6,10,14-16H,7-9,11-13H2,(H,26,27). The van der Waals surface area contributed by atoms with E-state index < -0.39 is 17.5 Å². The third-order valence-corrected chi connectivity index (χ3v) is 6.97. The van der Waals surface area contributed by atoms with Crippen LogP contribution in [-0.4, -0.2) is 5.91 Å². The number of halogens is 2. The average Bonchev–Trinajstić information content (AvgIpc) is 2.61. The Bertz CT molecular complexity index is 854. The number of hydrogen-bond acceptors (Lipinski definition) is 1. The van der Waals surface area contributed by atoms with Crippen LogP contribution in [0.5, 0.6) is 0 Å². The van der Waals surface area contributed by atoms with Crippen LogP contribution >= 0.6 is 0 Å². The summed E-state index contributed by atoms with van der Waals surface area (Å²) in [5, 5.41) is 2.72. The molecule has 0 radical (unpaired) electrons. The topological polar surface area (TPSA) is 29.1 Å². The van der Waals surface area contributed by atoms with E-state index in [1.807, 2.05) is 12.1 Å². The monoisotopic (exact) mass is 367 g/mol. The maximum atomic E-state index is 13.8. The van der Waals surface area contributed by atoms with E-state index in [9.17, 15) is 13.6 Å². The van der Waals surface area contributed by atoms with Crippen LogP contribution in [0.15, 0.2) is 42.5 Å². The van der Waals surface area contributed by atoms with Crippen molar-refractivity contribution in [3.8, 4) is 0 Å². The summed E-state index contributed by atoms with van der Waals surface area (Å²) in [6.07, 6.45) is 8.13. The number of benzene rings is 2. The first kappa shape index (κ1) is 16.9. The summed E-state index contributed by atoms with van der Waals surface area (Å²) in [6, 6.07) is 11.1. The van der Waals surface area contributed by atoms with E-state index in [1.54, 1.807) is 0 Å². The maximum Gasteiger partial charge on any atom is 0.258 e.